The molecule has 3 aromatic rings. The number of rotatable bonds is 8. The quantitative estimate of drug-likeness (QED) is 0.519. The van der Waals surface area contributed by atoms with Gasteiger partial charge < -0.3 is 5.32 Å². The third kappa shape index (κ3) is 6.45. The molecule has 0 radical (unpaired) electrons. The summed E-state index contributed by atoms with van der Waals surface area (Å²) < 4.78 is 27.5. The van der Waals surface area contributed by atoms with Gasteiger partial charge in [-0.05, 0) is 56.0 Å². The van der Waals surface area contributed by atoms with Crippen LogP contribution in [0.5, 0.6) is 0 Å². The van der Waals surface area contributed by atoms with Crippen LogP contribution in [0, 0.1) is 13.8 Å². The van der Waals surface area contributed by atoms with Crippen molar-refractivity contribution in [1.82, 2.24) is 25.3 Å². The van der Waals surface area contributed by atoms with Gasteiger partial charge in [-0.3, -0.25) is 4.90 Å². The van der Waals surface area contributed by atoms with E-state index in [1.165, 1.54) is 17.0 Å². The molecule has 0 bridgehead atoms. The van der Waals surface area contributed by atoms with E-state index in [-0.39, 0.29) is 16.9 Å². The van der Waals surface area contributed by atoms with Gasteiger partial charge in [0.2, 0.25) is 11.9 Å². The number of benzene rings is 1. The number of sulfonamides is 1. The number of hydrogen-bond donors (Lipinski definition) is 2. The number of carbonyl (C=O) groups excluding carboxylic acids is 1. The number of anilines is 2. The summed E-state index contributed by atoms with van der Waals surface area (Å²) in [4.78, 5) is 30.5. The van der Waals surface area contributed by atoms with E-state index in [1.54, 1.807) is 31.6 Å². The number of nitrogens with zero attached hydrogens (tertiary/aromatic N) is 5. The van der Waals surface area contributed by atoms with Gasteiger partial charge >= 0.3 is 6.03 Å². The third-order valence-electron chi connectivity index (χ3n) is 4.84. The molecule has 2 heterocycles. The van der Waals surface area contributed by atoms with Crippen LogP contribution in [0.25, 0.3) is 0 Å². The smallest absolute Gasteiger partial charge is 0.324 e. The summed E-state index contributed by atoms with van der Waals surface area (Å²) in [5.74, 6) is 0.358. The van der Waals surface area contributed by atoms with E-state index in [0.29, 0.717) is 18.9 Å². The van der Waals surface area contributed by atoms with Crippen LogP contribution in [0.3, 0.4) is 0 Å². The monoisotopic (exact) mass is 469 g/mol. The maximum absolute atomic E-state index is 12.6. The number of urea groups is 1. The molecule has 3 rings (SSSR count). The average molecular weight is 470 g/mol. The molecule has 11 heteroatoms. The normalized spacial score (nSPS) is 11.2. The molecule has 2 N–H and O–H groups in total. The van der Waals surface area contributed by atoms with Gasteiger partial charge in [0.25, 0.3) is 10.0 Å². The van der Waals surface area contributed by atoms with Gasteiger partial charge in [0.15, 0.2) is 0 Å². The minimum atomic E-state index is -3.80. The average Bonchev–Trinajstić information content (AvgIpc) is 2.78. The molecule has 33 heavy (non-hydrogen) atoms. The predicted octanol–water partition coefficient (Wildman–Crippen LogP) is 2.64. The lowest BCUT2D eigenvalue weighted by atomic mass is 10.1. The van der Waals surface area contributed by atoms with Gasteiger partial charge in [0.1, 0.15) is 0 Å². The maximum Gasteiger partial charge on any atom is 0.324 e. The van der Waals surface area contributed by atoms with E-state index in [1.807, 2.05) is 26.8 Å². The minimum Gasteiger partial charge on any atom is -0.337 e. The zero-order valence-electron chi connectivity index (χ0n) is 19.0. The lowest BCUT2D eigenvalue weighted by Gasteiger charge is -2.17. The Morgan fingerprint density at radius 1 is 1.00 bits per heavy atom. The number of hydrogen-bond acceptors (Lipinski definition) is 7. The zero-order valence-corrected chi connectivity index (χ0v) is 19.8. The van der Waals surface area contributed by atoms with Crippen molar-refractivity contribution in [3.8, 4) is 0 Å². The molecule has 0 aliphatic carbocycles. The second-order valence-corrected chi connectivity index (χ2v) is 9.19. The van der Waals surface area contributed by atoms with E-state index < -0.39 is 10.0 Å². The fourth-order valence-electron chi connectivity index (χ4n) is 2.98. The Hall–Kier alpha value is -3.60. The second-order valence-electron chi connectivity index (χ2n) is 7.51. The molecule has 0 fully saturated rings. The summed E-state index contributed by atoms with van der Waals surface area (Å²) in [6.45, 7) is 6.03. The van der Waals surface area contributed by atoms with Crippen LogP contribution < -0.4 is 14.9 Å². The number of nitrogens with one attached hydrogen (secondary N) is 2. The molecule has 0 atom stereocenters. The van der Waals surface area contributed by atoms with Crippen LogP contribution in [0.15, 0.2) is 47.6 Å². The molecule has 0 unspecified atom stereocenters. The van der Waals surface area contributed by atoms with Crippen molar-refractivity contribution in [3.63, 3.8) is 0 Å². The Labute approximate surface area is 193 Å². The summed E-state index contributed by atoms with van der Waals surface area (Å²) in [5.41, 5.74) is 3.36. The maximum atomic E-state index is 12.6. The van der Waals surface area contributed by atoms with E-state index in [4.69, 9.17) is 0 Å². The van der Waals surface area contributed by atoms with Gasteiger partial charge in [0.05, 0.1) is 4.90 Å². The molecule has 2 aromatic heterocycles. The molecule has 1 aromatic carbocycles. The highest BCUT2D eigenvalue weighted by atomic mass is 32.2. The lowest BCUT2D eigenvalue weighted by molar-refractivity contribution is 0.247. The fourth-order valence-corrected chi connectivity index (χ4v) is 3.94. The van der Waals surface area contributed by atoms with Crippen molar-refractivity contribution in [3.05, 3.63) is 65.2 Å². The predicted molar refractivity (Wildman–Crippen MR) is 126 cm³/mol. The van der Waals surface area contributed by atoms with Gasteiger partial charge in [0, 0.05) is 37.4 Å². The van der Waals surface area contributed by atoms with Gasteiger partial charge in [-0.2, -0.15) is 0 Å². The van der Waals surface area contributed by atoms with Gasteiger partial charge in [-0.25, -0.2) is 37.9 Å². The lowest BCUT2D eigenvalue weighted by Crippen LogP contribution is -2.39. The molecule has 10 nitrogen and oxygen atoms in total. The van der Waals surface area contributed by atoms with Crippen LogP contribution in [0.2, 0.25) is 0 Å². The molecule has 0 saturated heterocycles. The summed E-state index contributed by atoms with van der Waals surface area (Å²) in [5, 5.41) is 2.82. The van der Waals surface area contributed by atoms with Crippen molar-refractivity contribution in [1.29, 1.82) is 0 Å². The first-order valence-electron chi connectivity index (χ1n) is 10.4. The Bertz CT molecular complexity index is 1190. The number of amides is 2. The van der Waals surface area contributed by atoms with Crippen LogP contribution in [-0.2, 0) is 22.9 Å². The van der Waals surface area contributed by atoms with Crippen molar-refractivity contribution in [2.24, 2.45) is 0 Å². The molecular formula is C22H27N7O3S. The van der Waals surface area contributed by atoms with Crippen molar-refractivity contribution < 1.29 is 13.2 Å². The van der Waals surface area contributed by atoms with E-state index in [2.05, 4.69) is 30.0 Å². The molecule has 0 aliphatic rings. The molecular weight excluding hydrogens is 442 g/mol. The van der Waals surface area contributed by atoms with E-state index >= 15 is 0 Å². The Balaban J connectivity index is 1.55. The summed E-state index contributed by atoms with van der Waals surface area (Å²) >= 11 is 0. The number of carbonyl (C=O) groups is 1. The summed E-state index contributed by atoms with van der Waals surface area (Å²) in [6, 6.07) is 7.95. The highest BCUT2D eigenvalue weighted by molar-refractivity contribution is 7.92. The Morgan fingerprint density at radius 3 is 2.18 bits per heavy atom. The summed E-state index contributed by atoms with van der Waals surface area (Å²) in [7, 11) is -2.19. The minimum absolute atomic E-state index is 0.0240. The van der Waals surface area contributed by atoms with Crippen molar-refractivity contribution in [2.75, 3.05) is 23.2 Å². The summed E-state index contributed by atoms with van der Waals surface area (Å²) in [6.07, 6.45) is 4.48. The molecule has 174 valence electrons. The van der Waals surface area contributed by atoms with E-state index in [9.17, 15) is 13.2 Å². The number of aromatic nitrogens is 4. The van der Waals surface area contributed by atoms with Crippen molar-refractivity contribution >= 4 is 28.0 Å². The van der Waals surface area contributed by atoms with Gasteiger partial charge in [-0.1, -0.05) is 19.1 Å². The first-order valence-corrected chi connectivity index (χ1v) is 11.9. The molecule has 0 saturated carbocycles. The molecule has 2 amide bonds. The molecule has 0 spiro atoms. The third-order valence-corrected chi connectivity index (χ3v) is 6.18. The Kier molecular flexibility index (Phi) is 7.54. The zero-order chi connectivity index (χ0) is 24.0. The fraction of sp³-hybridized carbons (Fsp3) is 0.318. The van der Waals surface area contributed by atoms with Crippen LogP contribution in [0.1, 0.15) is 29.4 Å². The molecule has 0 aliphatic heterocycles. The van der Waals surface area contributed by atoms with Crippen LogP contribution in [-0.4, -0.2) is 48.0 Å². The standard InChI is InChI=1S/C22H27N7O3S/c1-5-17-13-24-20(25-14-17)28-33(31,32)19-8-6-18(7-9-19)10-11-23-22(30)29(4)21-26-15(2)12-16(3)27-21/h6-9,12-14H,5,10-11H2,1-4H3,(H,23,30)(H,24,25,28). The van der Waals surface area contributed by atoms with Crippen molar-refractivity contribution in [2.45, 2.75) is 38.5 Å². The van der Waals surface area contributed by atoms with Crippen LogP contribution >= 0.6 is 0 Å². The second kappa shape index (κ2) is 10.3. The first-order chi connectivity index (χ1) is 15.7. The SMILES string of the molecule is CCc1cnc(NS(=O)(=O)c2ccc(CCNC(=O)N(C)c3nc(C)cc(C)n3)cc2)nc1. The Morgan fingerprint density at radius 2 is 1.61 bits per heavy atom. The number of aryl methyl sites for hydroxylation is 3. The highest BCUT2D eigenvalue weighted by Crippen LogP contribution is 2.15. The topological polar surface area (TPSA) is 130 Å². The highest BCUT2D eigenvalue weighted by Gasteiger charge is 2.16. The largest absolute Gasteiger partial charge is 0.337 e. The van der Waals surface area contributed by atoms with Crippen LogP contribution in [0.4, 0.5) is 16.7 Å². The van der Waals surface area contributed by atoms with Gasteiger partial charge in [-0.15, -0.1) is 0 Å². The first kappa shape index (κ1) is 24.1. The van der Waals surface area contributed by atoms with E-state index in [0.717, 1.165) is 28.9 Å².